The number of hydrogen-bond acceptors (Lipinski definition) is 6. The Hall–Kier alpha value is -2.71. The first-order chi connectivity index (χ1) is 16.9. The number of ether oxygens (including phenoxy) is 1. The molecule has 0 spiro atoms. The van der Waals surface area contributed by atoms with Crippen LogP contribution < -0.4 is 0 Å². The van der Waals surface area contributed by atoms with Crippen LogP contribution in [0.1, 0.15) is 50.4 Å². The van der Waals surface area contributed by atoms with Gasteiger partial charge in [-0.25, -0.2) is 4.39 Å². The Morgan fingerprint density at radius 1 is 1.17 bits per heavy atom. The molecule has 8 heteroatoms. The molecule has 0 radical (unpaired) electrons. The maximum Gasteiger partial charge on any atom is 0.325 e. The minimum Gasteiger partial charge on any atom is -0.465 e. The van der Waals surface area contributed by atoms with Crippen molar-refractivity contribution in [2.75, 3.05) is 19.7 Å². The molecule has 1 aliphatic heterocycles. The quantitative estimate of drug-likeness (QED) is 0.469. The molecule has 2 fully saturated rings. The maximum atomic E-state index is 14.8. The van der Waals surface area contributed by atoms with Crippen molar-refractivity contribution in [1.29, 1.82) is 0 Å². The molecule has 1 saturated carbocycles. The van der Waals surface area contributed by atoms with Crippen molar-refractivity contribution in [1.82, 2.24) is 9.47 Å². The fourth-order valence-corrected chi connectivity index (χ4v) is 5.55. The number of carbonyl (C=O) groups is 3. The number of Topliss-reactive ketones (excluding diaryl/α,β-unsaturated/α-hetero) is 1. The van der Waals surface area contributed by atoms with Gasteiger partial charge in [-0.15, -0.1) is 0 Å². The van der Waals surface area contributed by atoms with E-state index >= 15 is 0 Å². The van der Waals surface area contributed by atoms with Gasteiger partial charge in [-0.2, -0.15) is 0 Å². The lowest BCUT2D eigenvalue weighted by Crippen LogP contribution is -2.43. The van der Waals surface area contributed by atoms with E-state index in [9.17, 15) is 18.8 Å². The summed E-state index contributed by atoms with van der Waals surface area (Å²) in [6.07, 6.45) is 6.17. The predicted octanol–water partition coefficient (Wildman–Crippen LogP) is 4.65. The summed E-state index contributed by atoms with van der Waals surface area (Å²) < 4.78 is 21.7. The van der Waals surface area contributed by atoms with E-state index in [4.69, 9.17) is 4.74 Å². The van der Waals surface area contributed by atoms with E-state index in [1.165, 1.54) is 17.8 Å². The Bertz CT molecular complexity index is 1120. The van der Waals surface area contributed by atoms with Gasteiger partial charge in [0.1, 0.15) is 12.4 Å². The lowest BCUT2D eigenvalue weighted by atomic mass is 9.93. The third kappa shape index (κ3) is 6.30. The molecule has 2 atom stereocenters. The molecule has 4 rings (SSSR count). The minimum atomic E-state index is -0.651. The van der Waals surface area contributed by atoms with Crippen molar-refractivity contribution < 1.29 is 23.5 Å². The van der Waals surface area contributed by atoms with Gasteiger partial charge in [-0.05, 0) is 56.0 Å². The molecule has 6 nitrogen and oxygen atoms in total. The van der Waals surface area contributed by atoms with Gasteiger partial charge in [-0.3, -0.25) is 19.3 Å². The average molecular weight is 499 g/mol. The number of nitrogens with zero attached hydrogens (tertiary/aromatic N) is 2. The molecule has 0 bridgehead atoms. The van der Waals surface area contributed by atoms with Crippen LogP contribution in [0.4, 0.5) is 4.39 Å². The van der Waals surface area contributed by atoms with Crippen LogP contribution >= 0.6 is 11.8 Å². The highest BCUT2D eigenvalue weighted by atomic mass is 32.2. The number of hydrogen-bond donors (Lipinski definition) is 0. The number of esters is 1. The SMILES string of the molecule is CCOC(=O)Cn1cccc1/C=C1/CN(C(C(=O)C2CC2)c2ccccc2F)CCC1SC(C)=O. The highest BCUT2D eigenvalue weighted by molar-refractivity contribution is 8.14. The first kappa shape index (κ1) is 25.4. The summed E-state index contributed by atoms with van der Waals surface area (Å²) in [5.74, 6) is -0.644. The topological polar surface area (TPSA) is 68.6 Å². The molecule has 0 amide bonds. The second-order valence-electron chi connectivity index (χ2n) is 9.04. The van der Waals surface area contributed by atoms with Crippen LogP contribution in [-0.2, 0) is 25.7 Å². The molecule has 2 aliphatic rings. The van der Waals surface area contributed by atoms with E-state index in [1.54, 1.807) is 32.0 Å². The molecule has 2 unspecified atom stereocenters. The number of rotatable bonds is 9. The first-order valence-electron chi connectivity index (χ1n) is 12.1. The van der Waals surface area contributed by atoms with E-state index in [0.29, 0.717) is 31.7 Å². The van der Waals surface area contributed by atoms with Crippen LogP contribution in [0.15, 0.2) is 48.2 Å². The number of aromatic nitrogens is 1. The minimum absolute atomic E-state index is 0.0156. The zero-order chi connectivity index (χ0) is 24.9. The summed E-state index contributed by atoms with van der Waals surface area (Å²) >= 11 is 1.28. The van der Waals surface area contributed by atoms with Gasteiger partial charge < -0.3 is 9.30 Å². The smallest absolute Gasteiger partial charge is 0.325 e. The van der Waals surface area contributed by atoms with Gasteiger partial charge >= 0.3 is 5.97 Å². The van der Waals surface area contributed by atoms with Gasteiger partial charge in [0.15, 0.2) is 10.9 Å². The highest BCUT2D eigenvalue weighted by Crippen LogP contribution is 2.40. The monoisotopic (exact) mass is 498 g/mol. The third-order valence-corrected chi connectivity index (χ3v) is 7.56. The van der Waals surface area contributed by atoms with Crippen molar-refractivity contribution in [2.45, 2.75) is 50.9 Å². The van der Waals surface area contributed by atoms with Gasteiger partial charge in [-0.1, -0.05) is 30.0 Å². The molecular weight excluding hydrogens is 467 g/mol. The van der Waals surface area contributed by atoms with Crippen LogP contribution in [0.25, 0.3) is 6.08 Å². The molecule has 1 saturated heterocycles. The molecule has 1 aliphatic carbocycles. The molecule has 1 aromatic heterocycles. The Morgan fingerprint density at radius 2 is 1.94 bits per heavy atom. The molecule has 186 valence electrons. The van der Waals surface area contributed by atoms with Crippen LogP contribution in [0.3, 0.4) is 0 Å². The molecule has 0 N–H and O–H groups in total. The van der Waals surface area contributed by atoms with E-state index in [-0.39, 0.29) is 40.4 Å². The largest absolute Gasteiger partial charge is 0.465 e. The lowest BCUT2D eigenvalue weighted by Gasteiger charge is -2.38. The Labute approximate surface area is 209 Å². The summed E-state index contributed by atoms with van der Waals surface area (Å²) in [6.45, 7) is 4.75. The van der Waals surface area contributed by atoms with Crippen molar-refractivity contribution in [3.8, 4) is 0 Å². The summed E-state index contributed by atoms with van der Waals surface area (Å²) in [5.41, 5.74) is 2.21. The van der Waals surface area contributed by atoms with Crippen LogP contribution in [0.5, 0.6) is 0 Å². The molecular formula is C27H31FN2O4S. The summed E-state index contributed by atoms with van der Waals surface area (Å²) in [6, 6.07) is 9.62. The number of piperidine rings is 1. The van der Waals surface area contributed by atoms with E-state index in [0.717, 1.165) is 24.1 Å². The van der Waals surface area contributed by atoms with Crippen LogP contribution in [0.2, 0.25) is 0 Å². The van der Waals surface area contributed by atoms with Gasteiger partial charge in [0, 0.05) is 48.6 Å². The standard InChI is InChI=1S/C27H31FN2O4S/c1-3-34-25(32)17-29-13-6-7-21(29)15-20-16-30(14-12-24(20)35-18(2)31)26(27(33)19-10-11-19)22-8-4-5-9-23(22)28/h4-9,13,15,19,24,26H,3,10-12,14,16-17H2,1-2H3/b20-15-. The number of carbonyl (C=O) groups excluding carboxylic acids is 3. The molecule has 1 aromatic carbocycles. The normalized spacial score (nSPS) is 20.5. The molecule has 35 heavy (non-hydrogen) atoms. The summed E-state index contributed by atoms with van der Waals surface area (Å²) in [4.78, 5) is 39.4. The van der Waals surface area contributed by atoms with Gasteiger partial charge in [0.2, 0.25) is 0 Å². The molecule has 2 heterocycles. The van der Waals surface area contributed by atoms with Gasteiger partial charge in [0.25, 0.3) is 0 Å². The number of thioether (sulfide) groups is 1. The fourth-order valence-electron chi connectivity index (χ4n) is 4.63. The van der Waals surface area contributed by atoms with E-state index < -0.39 is 6.04 Å². The number of halogens is 1. The summed E-state index contributed by atoms with van der Waals surface area (Å²) in [7, 11) is 0. The van der Waals surface area contributed by atoms with Crippen molar-refractivity contribution >= 4 is 34.7 Å². The van der Waals surface area contributed by atoms with E-state index in [1.807, 2.05) is 33.9 Å². The van der Waals surface area contributed by atoms with Crippen molar-refractivity contribution in [2.24, 2.45) is 5.92 Å². The number of ketones is 1. The first-order valence-corrected chi connectivity index (χ1v) is 13.0. The second kappa shape index (κ2) is 11.4. The second-order valence-corrected chi connectivity index (χ2v) is 10.4. The van der Waals surface area contributed by atoms with Crippen molar-refractivity contribution in [3.05, 3.63) is 65.2 Å². The lowest BCUT2D eigenvalue weighted by molar-refractivity contribution is -0.143. The average Bonchev–Trinajstić information content (AvgIpc) is 3.58. The zero-order valence-corrected chi connectivity index (χ0v) is 20.9. The Morgan fingerprint density at radius 3 is 2.63 bits per heavy atom. The predicted molar refractivity (Wildman–Crippen MR) is 134 cm³/mol. The molecule has 2 aromatic rings. The Kier molecular flexibility index (Phi) is 8.23. The van der Waals surface area contributed by atoms with Crippen LogP contribution in [-0.4, -0.2) is 51.3 Å². The zero-order valence-electron chi connectivity index (χ0n) is 20.1. The third-order valence-electron chi connectivity index (χ3n) is 6.40. The maximum absolute atomic E-state index is 14.8. The highest BCUT2D eigenvalue weighted by Gasteiger charge is 2.41. The number of benzene rings is 1. The van der Waals surface area contributed by atoms with Crippen LogP contribution in [0, 0.1) is 11.7 Å². The number of likely N-dealkylation sites (tertiary alicyclic amines) is 1. The van der Waals surface area contributed by atoms with Crippen molar-refractivity contribution in [3.63, 3.8) is 0 Å². The van der Waals surface area contributed by atoms with Gasteiger partial charge in [0.05, 0.1) is 12.6 Å². The Balaban J connectivity index is 1.65. The fraction of sp³-hybridized carbons (Fsp3) is 0.444. The summed E-state index contributed by atoms with van der Waals surface area (Å²) in [5, 5.41) is -0.0250. The van der Waals surface area contributed by atoms with E-state index in [2.05, 4.69) is 0 Å².